The molecule has 132 valence electrons. The van der Waals surface area contributed by atoms with E-state index < -0.39 is 0 Å². The van der Waals surface area contributed by atoms with Crippen molar-refractivity contribution in [1.82, 2.24) is 19.7 Å². The number of amides is 1. The quantitative estimate of drug-likeness (QED) is 0.551. The van der Waals surface area contributed by atoms with Gasteiger partial charge in [0.25, 0.3) is 5.91 Å². The van der Waals surface area contributed by atoms with E-state index in [0.717, 1.165) is 21.6 Å². The summed E-state index contributed by atoms with van der Waals surface area (Å²) in [5.74, 6) is -0.207. The first kappa shape index (κ1) is 16.9. The lowest BCUT2D eigenvalue weighted by Gasteiger charge is -2.09. The van der Waals surface area contributed by atoms with Crippen molar-refractivity contribution in [1.29, 1.82) is 0 Å². The first-order valence-electron chi connectivity index (χ1n) is 8.18. The highest BCUT2D eigenvalue weighted by Crippen LogP contribution is 2.28. The van der Waals surface area contributed by atoms with Crippen LogP contribution in [0.25, 0.3) is 21.6 Å². The van der Waals surface area contributed by atoms with Gasteiger partial charge in [-0.1, -0.05) is 6.07 Å². The molecular weight excluding hydrogens is 366 g/mol. The standard InChI is InChI=1S/C18H17N5OS2/c1-10(2)23-16-12(8-19-23)7-13(11(3)20-16)17(24)22-18-21-14(9-26-18)15-5-4-6-25-15/h4-10H,1-3H3,(H,21,22,24). The molecule has 6 nitrogen and oxygen atoms in total. The minimum absolute atomic E-state index is 0.207. The van der Waals surface area contributed by atoms with E-state index in [1.807, 2.05) is 40.6 Å². The number of thiophene rings is 1. The Morgan fingerprint density at radius 2 is 2.12 bits per heavy atom. The number of fused-ring (bicyclic) bond motifs is 1. The van der Waals surface area contributed by atoms with Gasteiger partial charge in [-0.05, 0) is 38.3 Å². The van der Waals surface area contributed by atoms with Gasteiger partial charge in [0.2, 0.25) is 0 Å². The lowest BCUT2D eigenvalue weighted by atomic mass is 10.1. The summed E-state index contributed by atoms with van der Waals surface area (Å²) in [5.41, 5.74) is 2.88. The second kappa shape index (κ2) is 6.62. The summed E-state index contributed by atoms with van der Waals surface area (Å²) in [6.07, 6.45) is 1.75. The number of carbonyl (C=O) groups excluding carboxylic acids is 1. The zero-order valence-corrected chi connectivity index (χ0v) is 16.2. The number of pyridine rings is 1. The molecule has 0 aromatic carbocycles. The number of rotatable bonds is 4. The predicted octanol–water partition coefficient (Wildman–Crippen LogP) is 4.76. The van der Waals surface area contributed by atoms with E-state index in [1.165, 1.54) is 11.3 Å². The molecule has 0 fully saturated rings. The predicted molar refractivity (Wildman–Crippen MR) is 106 cm³/mol. The summed E-state index contributed by atoms with van der Waals surface area (Å²) in [6.45, 7) is 5.94. The van der Waals surface area contributed by atoms with Gasteiger partial charge in [0, 0.05) is 16.8 Å². The maximum Gasteiger partial charge on any atom is 0.259 e. The molecule has 1 N–H and O–H groups in total. The van der Waals surface area contributed by atoms with Crippen LogP contribution in [0.4, 0.5) is 5.13 Å². The third-order valence-corrected chi connectivity index (χ3v) is 5.64. The summed E-state index contributed by atoms with van der Waals surface area (Å²) < 4.78 is 1.86. The number of nitrogens with one attached hydrogen (secondary N) is 1. The summed E-state index contributed by atoms with van der Waals surface area (Å²) >= 11 is 3.04. The van der Waals surface area contributed by atoms with Crippen molar-refractivity contribution in [3.8, 4) is 10.6 Å². The van der Waals surface area contributed by atoms with Crippen LogP contribution in [0.3, 0.4) is 0 Å². The van der Waals surface area contributed by atoms with Crippen LogP contribution in [0.15, 0.2) is 35.2 Å². The zero-order valence-electron chi connectivity index (χ0n) is 14.6. The fraction of sp³-hybridized carbons (Fsp3) is 0.222. The Labute approximate surface area is 158 Å². The Morgan fingerprint density at radius 3 is 2.85 bits per heavy atom. The van der Waals surface area contributed by atoms with Gasteiger partial charge in [0.1, 0.15) is 0 Å². The highest BCUT2D eigenvalue weighted by molar-refractivity contribution is 7.16. The van der Waals surface area contributed by atoms with Gasteiger partial charge in [0.05, 0.1) is 28.0 Å². The molecule has 0 spiro atoms. The van der Waals surface area contributed by atoms with E-state index in [0.29, 0.717) is 16.4 Å². The molecule has 0 aliphatic heterocycles. The van der Waals surface area contributed by atoms with Crippen LogP contribution >= 0.6 is 22.7 Å². The molecule has 0 unspecified atom stereocenters. The molecule has 0 saturated carbocycles. The Morgan fingerprint density at radius 1 is 1.27 bits per heavy atom. The lowest BCUT2D eigenvalue weighted by molar-refractivity contribution is 0.102. The largest absolute Gasteiger partial charge is 0.298 e. The van der Waals surface area contributed by atoms with Crippen molar-refractivity contribution in [3.05, 3.63) is 46.4 Å². The van der Waals surface area contributed by atoms with Crippen LogP contribution in [-0.4, -0.2) is 25.7 Å². The fourth-order valence-electron chi connectivity index (χ4n) is 2.71. The molecule has 0 atom stereocenters. The molecule has 8 heteroatoms. The first-order valence-corrected chi connectivity index (χ1v) is 9.94. The normalized spacial score (nSPS) is 11.4. The van der Waals surface area contributed by atoms with E-state index in [-0.39, 0.29) is 11.9 Å². The molecule has 4 heterocycles. The van der Waals surface area contributed by atoms with Gasteiger partial charge >= 0.3 is 0 Å². The molecule has 1 amide bonds. The maximum atomic E-state index is 12.7. The van der Waals surface area contributed by atoms with E-state index in [4.69, 9.17) is 0 Å². The average Bonchev–Trinajstić information content (AvgIpc) is 3.33. The maximum absolute atomic E-state index is 12.7. The van der Waals surface area contributed by atoms with Crippen LogP contribution in [0.1, 0.15) is 35.9 Å². The van der Waals surface area contributed by atoms with Gasteiger partial charge < -0.3 is 0 Å². The third-order valence-electron chi connectivity index (χ3n) is 3.99. The van der Waals surface area contributed by atoms with Crippen molar-refractivity contribution >= 4 is 44.7 Å². The number of anilines is 1. The Hall–Kier alpha value is -2.58. The summed E-state index contributed by atoms with van der Waals surface area (Å²) in [6, 6.07) is 6.05. The second-order valence-electron chi connectivity index (χ2n) is 6.19. The van der Waals surface area contributed by atoms with Crippen molar-refractivity contribution in [2.75, 3.05) is 5.32 Å². The van der Waals surface area contributed by atoms with Crippen LogP contribution < -0.4 is 5.32 Å². The van der Waals surface area contributed by atoms with Crippen LogP contribution in [0.5, 0.6) is 0 Å². The molecule has 0 radical (unpaired) electrons. The number of aromatic nitrogens is 4. The fourth-order valence-corrected chi connectivity index (χ4v) is 4.17. The van der Waals surface area contributed by atoms with Gasteiger partial charge in [-0.3, -0.25) is 10.1 Å². The minimum atomic E-state index is -0.207. The van der Waals surface area contributed by atoms with Gasteiger partial charge in [-0.2, -0.15) is 5.10 Å². The van der Waals surface area contributed by atoms with E-state index in [1.54, 1.807) is 17.5 Å². The molecule has 4 rings (SSSR count). The third kappa shape index (κ3) is 3.02. The molecule has 4 aromatic heterocycles. The molecule has 0 bridgehead atoms. The van der Waals surface area contributed by atoms with E-state index >= 15 is 0 Å². The molecule has 4 aromatic rings. The average molecular weight is 384 g/mol. The van der Waals surface area contributed by atoms with Gasteiger partial charge in [0.15, 0.2) is 10.8 Å². The van der Waals surface area contributed by atoms with Crippen LogP contribution in [-0.2, 0) is 0 Å². The smallest absolute Gasteiger partial charge is 0.259 e. The number of thiazole rings is 1. The van der Waals surface area contributed by atoms with Crippen molar-refractivity contribution in [3.63, 3.8) is 0 Å². The molecule has 0 aliphatic carbocycles. The van der Waals surface area contributed by atoms with Crippen molar-refractivity contribution in [2.24, 2.45) is 0 Å². The Kier molecular flexibility index (Phi) is 4.29. The molecule has 0 aliphatic rings. The second-order valence-corrected chi connectivity index (χ2v) is 7.99. The topological polar surface area (TPSA) is 72.7 Å². The number of nitrogens with zero attached hydrogens (tertiary/aromatic N) is 4. The van der Waals surface area contributed by atoms with Crippen LogP contribution in [0, 0.1) is 6.92 Å². The van der Waals surface area contributed by atoms with E-state index in [2.05, 4.69) is 34.2 Å². The number of hydrogen-bond acceptors (Lipinski definition) is 6. The molecule has 0 saturated heterocycles. The monoisotopic (exact) mass is 383 g/mol. The van der Waals surface area contributed by atoms with Gasteiger partial charge in [-0.15, -0.1) is 22.7 Å². The van der Waals surface area contributed by atoms with Gasteiger partial charge in [-0.25, -0.2) is 14.6 Å². The zero-order chi connectivity index (χ0) is 18.3. The Bertz CT molecular complexity index is 1080. The first-order chi connectivity index (χ1) is 12.5. The number of hydrogen-bond donors (Lipinski definition) is 1. The summed E-state index contributed by atoms with van der Waals surface area (Å²) in [4.78, 5) is 22.9. The highest BCUT2D eigenvalue weighted by atomic mass is 32.1. The number of carbonyl (C=O) groups is 1. The SMILES string of the molecule is Cc1nc2c(cnn2C(C)C)cc1C(=O)Nc1nc(-c2cccs2)cs1. The van der Waals surface area contributed by atoms with E-state index in [9.17, 15) is 4.79 Å². The Balaban J connectivity index is 1.61. The molecule has 26 heavy (non-hydrogen) atoms. The number of aryl methyl sites for hydroxylation is 1. The summed E-state index contributed by atoms with van der Waals surface area (Å²) in [5, 5.41) is 12.6. The van der Waals surface area contributed by atoms with Crippen molar-refractivity contribution < 1.29 is 4.79 Å². The summed E-state index contributed by atoms with van der Waals surface area (Å²) in [7, 11) is 0. The lowest BCUT2D eigenvalue weighted by Crippen LogP contribution is -2.14. The highest BCUT2D eigenvalue weighted by Gasteiger charge is 2.17. The molecular formula is C18H17N5OS2. The van der Waals surface area contributed by atoms with Crippen LogP contribution in [0.2, 0.25) is 0 Å². The van der Waals surface area contributed by atoms with Crippen molar-refractivity contribution in [2.45, 2.75) is 26.8 Å². The minimum Gasteiger partial charge on any atom is -0.298 e.